The third-order valence-corrected chi connectivity index (χ3v) is 21.6. The molecule has 30 atom stereocenters. The molecule has 4 saturated heterocycles. The minimum absolute atomic E-state index is 0.0183. The average molecular weight is 1110 g/mol. The molecular formula is C54H88O23. The minimum atomic E-state index is -2.18. The van der Waals surface area contributed by atoms with Gasteiger partial charge in [-0.1, -0.05) is 60.1 Å². The van der Waals surface area contributed by atoms with Crippen LogP contribution in [0, 0.1) is 50.2 Å². The molecule has 442 valence electrons. The van der Waals surface area contributed by atoms with Gasteiger partial charge in [-0.2, -0.15) is 0 Å². The zero-order chi connectivity index (χ0) is 56.4. The van der Waals surface area contributed by atoms with Crippen LogP contribution in [0.4, 0.5) is 0 Å². The van der Waals surface area contributed by atoms with Gasteiger partial charge in [0, 0.05) is 10.8 Å². The number of carboxylic acids is 1. The number of allylic oxidation sites excluding steroid dienone is 2. The van der Waals surface area contributed by atoms with E-state index in [1.54, 1.807) is 0 Å². The maximum atomic E-state index is 12.7. The van der Waals surface area contributed by atoms with Crippen LogP contribution in [0.15, 0.2) is 11.6 Å². The second-order valence-electron chi connectivity index (χ2n) is 26.4. The molecule has 0 spiro atoms. The topological polar surface area (TPSA) is 374 Å². The van der Waals surface area contributed by atoms with Crippen molar-refractivity contribution in [2.24, 2.45) is 50.2 Å². The van der Waals surface area contributed by atoms with Gasteiger partial charge in [-0.15, -0.1) is 0 Å². The summed E-state index contributed by atoms with van der Waals surface area (Å²) in [6.45, 7) is 15.0. The van der Waals surface area contributed by atoms with E-state index in [2.05, 4.69) is 47.6 Å². The summed E-state index contributed by atoms with van der Waals surface area (Å²) < 4.78 is 48.9. The van der Waals surface area contributed by atoms with Gasteiger partial charge in [0.05, 0.1) is 38.1 Å². The molecule has 4 heterocycles. The van der Waals surface area contributed by atoms with E-state index in [9.17, 15) is 76.3 Å². The number of rotatable bonds is 12. The summed E-state index contributed by atoms with van der Waals surface area (Å²) in [7, 11) is 0. The average Bonchev–Trinajstić information content (AvgIpc) is 3.37. The maximum absolute atomic E-state index is 12.7. The Morgan fingerprint density at radius 3 is 1.79 bits per heavy atom. The third-order valence-electron chi connectivity index (χ3n) is 21.6. The molecular weight excluding hydrogens is 1020 g/mol. The van der Waals surface area contributed by atoms with Crippen LogP contribution < -0.4 is 0 Å². The maximum Gasteiger partial charge on any atom is 0.335 e. The molecule has 28 unspecified atom stereocenters. The normalized spacial score (nSPS) is 55.7. The lowest BCUT2D eigenvalue weighted by Gasteiger charge is -2.72. The van der Waals surface area contributed by atoms with E-state index in [-0.39, 0.29) is 51.4 Å². The van der Waals surface area contributed by atoms with Crippen LogP contribution in [0.25, 0.3) is 0 Å². The van der Waals surface area contributed by atoms with Crippen LogP contribution in [0.2, 0.25) is 0 Å². The Hall–Kier alpha value is -1.63. The molecule has 5 aliphatic carbocycles. The zero-order valence-corrected chi connectivity index (χ0v) is 45.4. The SMILES string of the molecule is CC1OC(OC2C(OC3C(OC4CC[C@@]5(C)C(CCC6(C)C5CC=C5C7CC(C)(C)CC(O)C7(C)CC[C@@]56C)C4(C)CO)OC(C(=O)O)C(O)C3O)OC(CO)C(O)C2OC2OC(CO)C(O)C(O)C2O)C(O)C(O)C1O. The molecule has 4 saturated carbocycles. The highest BCUT2D eigenvalue weighted by Gasteiger charge is 2.70. The van der Waals surface area contributed by atoms with Crippen molar-refractivity contribution >= 4 is 5.97 Å². The molecule has 8 fully saturated rings. The van der Waals surface area contributed by atoms with E-state index in [0.717, 1.165) is 38.5 Å². The first-order valence-electron chi connectivity index (χ1n) is 27.8. The van der Waals surface area contributed by atoms with Gasteiger partial charge in [0.1, 0.15) is 85.5 Å². The van der Waals surface area contributed by atoms with Crippen LogP contribution >= 0.6 is 0 Å². The minimum Gasteiger partial charge on any atom is -0.479 e. The number of carbonyl (C=O) groups is 1. The Labute approximate surface area is 449 Å². The number of carboxylic acid groups (broad SMARTS) is 1. The summed E-state index contributed by atoms with van der Waals surface area (Å²) in [5, 5.41) is 154. The van der Waals surface area contributed by atoms with Crippen molar-refractivity contribution in [2.75, 3.05) is 19.8 Å². The molecule has 0 radical (unpaired) electrons. The predicted octanol–water partition coefficient (Wildman–Crippen LogP) is -1.47. The number of fused-ring (bicyclic) bond motifs is 7. The first-order valence-corrected chi connectivity index (χ1v) is 27.8. The van der Waals surface area contributed by atoms with E-state index < -0.39 is 160 Å². The van der Waals surface area contributed by atoms with Crippen molar-refractivity contribution in [3.63, 3.8) is 0 Å². The van der Waals surface area contributed by atoms with Gasteiger partial charge in [-0.3, -0.25) is 0 Å². The van der Waals surface area contributed by atoms with E-state index in [1.807, 2.05) is 6.92 Å². The van der Waals surface area contributed by atoms with Gasteiger partial charge < -0.3 is 109 Å². The third kappa shape index (κ3) is 9.70. The van der Waals surface area contributed by atoms with Crippen molar-refractivity contribution in [3.05, 3.63) is 11.6 Å². The monoisotopic (exact) mass is 1100 g/mol. The van der Waals surface area contributed by atoms with Crippen LogP contribution in [-0.4, -0.2) is 232 Å². The van der Waals surface area contributed by atoms with E-state index >= 15 is 0 Å². The van der Waals surface area contributed by atoms with Crippen LogP contribution in [0.5, 0.6) is 0 Å². The molecule has 23 nitrogen and oxygen atoms in total. The summed E-state index contributed by atoms with van der Waals surface area (Å²) >= 11 is 0. The van der Waals surface area contributed by atoms with Crippen molar-refractivity contribution in [3.8, 4) is 0 Å². The number of aliphatic carboxylic acids is 1. The Morgan fingerprint density at radius 1 is 0.571 bits per heavy atom. The zero-order valence-electron chi connectivity index (χ0n) is 45.4. The molecule has 23 heteroatoms. The van der Waals surface area contributed by atoms with Gasteiger partial charge in [-0.05, 0) is 104 Å². The largest absolute Gasteiger partial charge is 0.479 e. The van der Waals surface area contributed by atoms with Crippen LogP contribution in [0.1, 0.15) is 113 Å². The molecule has 9 aliphatic rings. The fourth-order valence-electron chi connectivity index (χ4n) is 16.6. The lowest BCUT2D eigenvalue weighted by molar-refractivity contribution is -0.410. The van der Waals surface area contributed by atoms with Gasteiger partial charge in [-0.25, -0.2) is 4.79 Å². The lowest BCUT2D eigenvalue weighted by atomic mass is 9.33. The summed E-state index contributed by atoms with van der Waals surface area (Å²) in [6, 6.07) is 0. The Bertz CT molecular complexity index is 2130. The number of hydrogen-bond donors (Lipinski definition) is 14. The van der Waals surface area contributed by atoms with Gasteiger partial charge in [0.2, 0.25) is 0 Å². The van der Waals surface area contributed by atoms with Crippen molar-refractivity contribution in [1.82, 2.24) is 0 Å². The fraction of sp³-hybridized carbons (Fsp3) is 0.944. The summed E-state index contributed by atoms with van der Waals surface area (Å²) in [6.07, 6.45) is -29.5. The predicted molar refractivity (Wildman–Crippen MR) is 263 cm³/mol. The summed E-state index contributed by atoms with van der Waals surface area (Å²) in [5.41, 5.74) is -0.425. The Balaban J connectivity index is 1.03. The Morgan fingerprint density at radius 2 is 1.16 bits per heavy atom. The van der Waals surface area contributed by atoms with E-state index in [4.69, 9.17) is 37.9 Å². The molecule has 4 aliphatic heterocycles. The highest BCUT2D eigenvalue weighted by atomic mass is 16.8. The Kier molecular flexibility index (Phi) is 16.8. The van der Waals surface area contributed by atoms with Crippen LogP contribution in [-0.2, 0) is 42.7 Å². The molecule has 0 amide bonds. The van der Waals surface area contributed by atoms with Crippen molar-refractivity contribution < 1.29 is 114 Å². The first-order chi connectivity index (χ1) is 36.0. The van der Waals surface area contributed by atoms with Gasteiger partial charge in [0.15, 0.2) is 31.3 Å². The number of hydrogen-bond acceptors (Lipinski definition) is 22. The molecule has 0 aromatic rings. The van der Waals surface area contributed by atoms with Gasteiger partial charge >= 0.3 is 5.97 Å². The molecule has 14 N–H and O–H groups in total. The van der Waals surface area contributed by atoms with Crippen LogP contribution in [0.3, 0.4) is 0 Å². The standard InChI is InChI=1S/C54H88O23/c1-22-31(59)34(62)38(66)45(70-22)77-43-40(74-46-39(67)35(63)32(60)25(19-55)71-46)33(61)26(20-56)72-48(43)76-42-37(65)36(64)41(44(68)69)75-47(42)73-30-12-13-51(5)27(52(30,6)21-57)11-14-54(8)28(51)10-9-23-24-17-49(2,3)18-29(58)50(24,4)15-16-53(23,54)7/h9,22,24-43,45-48,55-67H,10-21H2,1-8H3,(H,68,69)/t22?,24?,25?,26?,27?,28?,29?,30?,31?,32?,33?,34?,35?,36?,37?,38?,39?,40?,41?,42?,43?,45?,46?,47?,48?,50?,51-,52?,53-,54?/m0/s1. The number of aliphatic hydroxyl groups excluding tert-OH is 13. The van der Waals surface area contributed by atoms with Crippen molar-refractivity contribution in [2.45, 2.75) is 248 Å². The molecule has 0 aromatic carbocycles. The second-order valence-corrected chi connectivity index (χ2v) is 26.4. The fourth-order valence-corrected chi connectivity index (χ4v) is 16.6. The van der Waals surface area contributed by atoms with Gasteiger partial charge in [0.25, 0.3) is 0 Å². The molecule has 9 rings (SSSR count). The summed E-state index contributed by atoms with van der Waals surface area (Å²) in [5.74, 6) is -1.39. The quantitative estimate of drug-likeness (QED) is 0.0783. The van der Waals surface area contributed by atoms with Crippen molar-refractivity contribution in [1.29, 1.82) is 0 Å². The second kappa shape index (κ2) is 21.5. The highest BCUT2D eigenvalue weighted by molar-refractivity contribution is 5.73. The molecule has 77 heavy (non-hydrogen) atoms. The lowest BCUT2D eigenvalue weighted by Crippen LogP contribution is -2.69. The summed E-state index contributed by atoms with van der Waals surface area (Å²) in [4.78, 5) is 12.7. The highest BCUT2D eigenvalue weighted by Crippen LogP contribution is 2.76. The molecule has 0 aromatic heterocycles. The number of aliphatic hydroxyl groups is 13. The van der Waals surface area contributed by atoms with E-state index in [1.165, 1.54) is 12.5 Å². The smallest absolute Gasteiger partial charge is 0.335 e. The first kappa shape index (κ1) is 60.0. The van der Waals surface area contributed by atoms with E-state index in [0.29, 0.717) is 19.3 Å². The molecule has 0 bridgehead atoms. The number of ether oxygens (including phenoxy) is 8.